The molecule has 2 rings (SSSR count). The zero-order chi connectivity index (χ0) is 22.3. The second-order valence-electron chi connectivity index (χ2n) is 7.62. The molecule has 0 saturated heterocycles. The van der Waals surface area contributed by atoms with Gasteiger partial charge in [-0.05, 0) is 42.5 Å². The molecule has 0 fully saturated rings. The van der Waals surface area contributed by atoms with E-state index in [0.717, 1.165) is 29.7 Å². The molecule has 1 aromatic rings. The topological polar surface area (TPSA) is 142 Å². The average Bonchev–Trinajstić information content (AvgIpc) is 2.81. The van der Waals surface area contributed by atoms with Crippen molar-refractivity contribution in [1.29, 1.82) is 0 Å². The van der Waals surface area contributed by atoms with Gasteiger partial charge in [-0.15, -0.1) is 0 Å². The number of hydrogen-bond donors (Lipinski definition) is 4. The first-order valence-electron chi connectivity index (χ1n) is 10.0. The summed E-state index contributed by atoms with van der Waals surface area (Å²) in [5.41, 5.74) is 15.1. The predicted octanol–water partition coefficient (Wildman–Crippen LogP) is 1.12. The fraction of sp³-hybridized carbons (Fsp3) is 0.476. The van der Waals surface area contributed by atoms with Crippen molar-refractivity contribution in [3.63, 3.8) is 0 Å². The Morgan fingerprint density at radius 1 is 1.27 bits per heavy atom. The number of carbonyl (C=O) groups excluding carboxylic acids is 2. The van der Waals surface area contributed by atoms with E-state index in [-0.39, 0.29) is 5.91 Å². The van der Waals surface area contributed by atoms with Gasteiger partial charge in [-0.1, -0.05) is 12.1 Å². The highest BCUT2D eigenvalue weighted by atomic mass is 16.4. The molecule has 0 saturated carbocycles. The molecule has 9 heteroatoms. The molecule has 0 aromatic heterocycles. The van der Waals surface area contributed by atoms with E-state index in [4.69, 9.17) is 16.6 Å². The van der Waals surface area contributed by atoms with E-state index < -0.39 is 18.2 Å². The van der Waals surface area contributed by atoms with Crippen LogP contribution in [0.5, 0.6) is 0 Å². The minimum absolute atomic E-state index is 0.0911. The maximum atomic E-state index is 11.8. The minimum atomic E-state index is -1.07. The molecule has 0 bridgehead atoms. The maximum absolute atomic E-state index is 11.8. The van der Waals surface area contributed by atoms with Crippen molar-refractivity contribution in [2.24, 2.45) is 11.5 Å². The number of hydrogen-bond acceptors (Lipinski definition) is 5. The first-order valence-corrected chi connectivity index (χ1v) is 10.0. The lowest BCUT2D eigenvalue weighted by molar-refractivity contribution is -0.128. The van der Waals surface area contributed by atoms with Gasteiger partial charge in [-0.25, -0.2) is 4.79 Å². The number of nitrogens with two attached hydrogens (primary N) is 2. The van der Waals surface area contributed by atoms with E-state index in [1.54, 1.807) is 25.1 Å². The molecule has 1 heterocycles. The van der Waals surface area contributed by atoms with E-state index >= 15 is 0 Å². The molecule has 0 spiro atoms. The Morgan fingerprint density at radius 3 is 2.63 bits per heavy atom. The number of fused-ring (bicyclic) bond motifs is 1. The Balaban J connectivity index is 2.22. The van der Waals surface area contributed by atoms with Crippen molar-refractivity contribution < 1.29 is 19.5 Å². The Kier molecular flexibility index (Phi) is 8.23. The highest BCUT2D eigenvalue weighted by Gasteiger charge is 2.24. The molecule has 164 valence electrons. The monoisotopic (exact) mass is 417 g/mol. The SMILES string of the molecule is CN(C)C(=O)CCCc1ccc2c(c1)N(CCCNC(=O)O)C(N)CC(C(N)=O)=C2. The van der Waals surface area contributed by atoms with Crippen LogP contribution in [0.25, 0.3) is 6.08 Å². The van der Waals surface area contributed by atoms with E-state index in [2.05, 4.69) is 5.32 Å². The molecule has 0 radical (unpaired) electrons. The predicted molar refractivity (Wildman–Crippen MR) is 116 cm³/mol. The molecule has 0 aliphatic carbocycles. The Morgan fingerprint density at radius 2 is 2.00 bits per heavy atom. The first-order chi connectivity index (χ1) is 14.2. The maximum Gasteiger partial charge on any atom is 0.404 e. The van der Waals surface area contributed by atoms with Crippen molar-refractivity contribution in [1.82, 2.24) is 10.2 Å². The van der Waals surface area contributed by atoms with E-state index in [9.17, 15) is 14.4 Å². The average molecular weight is 418 g/mol. The third-order valence-corrected chi connectivity index (χ3v) is 5.09. The van der Waals surface area contributed by atoms with Gasteiger partial charge in [0.05, 0.1) is 6.17 Å². The largest absolute Gasteiger partial charge is 0.465 e. The Bertz CT molecular complexity index is 822. The van der Waals surface area contributed by atoms with Crippen molar-refractivity contribution in [2.75, 3.05) is 32.1 Å². The number of nitrogens with zero attached hydrogens (tertiary/aromatic N) is 2. The molecule has 30 heavy (non-hydrogen) atoms. The highest BCUT2D eigenvalue weighted by Crippen LogP contribution is 2.31. The number of anilines is 1. The fourth-order valence-electron chi connectivity index (χ4n) is 3.45. The number of amides is 3. The summed E-state index contributed by atoms with van der Waals surface area (Å²) in [7, 11) is 3.48. The van der Waals surface area contributed by atoms with Crippen LogP contribution in [-0.4, -0.2) is 61.3 Å². The Labute approximate surface area is 176 Å². The smallest absolute Gasteiger partial charge is 0.404 e. The molecule has 6 N–H and O–H groups in total. The molecule has 3 amide bonds. The van der Waals surface area contributed by atoms with Crippen LogP contribution < -0.4 is 21.7 Å². The summed E-state index contributed by atoms with van der Waals surface area (Å²) >= 11 is 0. The second kappa shape index (κ2) is 10.6. The quantitative estimate of drug-likeness (QED) is 0.444. The van der Waals surface area contributed by atoms with E-state index in [1.807, 2.05) is 23.1 Å². The van der Waals surface area contributed by atoms with Crippen LogP contribution >= 0.6 is 0 Å². The number of carbonyl (C=O) groups is 3. The van der Waals surface area contributed by atoms with Crippen LogP contribution in [-0.2, 0) is 16.0 Å². The van der Waals surface area contributed by atoms with Crippen LogP contribution in [0.4, 0.5) is 10.5 Å². The zero-order valence-electron chi connectivity index (χ0n) is 17.6. The van der Waals surface area contributed by atoms with Crippen molar-refractivity contribution in [3.05, 3.63) is 34.9 Å². The molecular formula is C21H31N5O4. The van der Waals surface area contributed by atoms with Gasteiger partial charge < -0.3 is 31.7 Å². The minimum Gasteiger partial charge on any atom is -0.465 e. The molecule has 1 aromatic carbocycles. The van der Waals surface area contributed by atoms with Gasteiger partial charge in [0.2, 0.25) is 11.8 Å². The third kappa shape index (κ3) is 6.48. The van der Waals surface area contributed by atoms with Gasteiger partial charge in [0.1, 0.15) is 0 Å². The zero-order valence-corrected chi connectivity index (χ0v) is 17.6. The third-order valence-electron chi connectivity index (χ3n) is 5.09. The van der Waals surface area contributed by atoms with Crippen LogP contribution in [0.1, 0.15) is 36.8 Å². The lowest BCUT2D eigenvalue weighted by Crippen LogP contribution is -2.44. The lowest BCUT2D eigenvalue weighted by Gasteiger charge is -2.31. The molecule has 1 aliphatic heterocycles. The van der Waals surface area contributed by atoms with Crippen LogP contribution in [0.15, 0.2) is 23.8 Å². The van der Waals surface area contributed by atoms with Crippen molar-refractivity contribution in [3.8, 4) is 0 Å². The molecular weight excluding hydrogens is 386 g/mol. The molecule has 1 atom stereocenters. The molecule has 9 nitrogen and oxygen atoms in total. The van der Waals surface area contributed by atoms with Crippen LogP contribution in [0.2, 0.25) is 0 Å². The number of carboxylic acid groups (broad SMARTS) is 1. The lowest BCUT2D eigenvalue weighted by atomic mass is 10.0. The summed E-state index contributed by atoms with van der Waals surface area (Å²) in [6, 6.07) is 5.94. The number of rotatable bonds is 9. The van der Waals surface area contributed by atoms with Gasteiger partial charge in [-0.3, -0.25) is 9.59 Å². The summed E-state index contributed by atoms with van der Waals surface area (Å²) in [5.74, 6) is -0.412. The summed E-state index contributed by atoms with van der Waals surface area (Å²) < 4.78 is 0. The summed E-state index contributed by atoms with van der Waals surface area (Å²) in [6.07, 6.45) is 3.06. The van der Waals surface area contributed by atoms with Gasteiger partial charge in [0.15, 0.2) is 0 Å². The number of nitrogens with one attached hydrogen (secondary N) is 1. The number of benzene rings is 1. The van der Waals surface area contributed by atoms with Gasteiger partial charge in [0.25, 0.3) is 0 Å². The van der Waals surface area contributed by atoms with E-state index in [0.29, 0.717) is 37.9 Å². The summed E-state index contributed by atoms with van der Waals surface area (Å²) in [6.45, 7) is 0.827. The Hall–Kier alpha value is -3.07. The summed E-state index contributed by atoms with van der Waals surface area (Å²) in [5, 5.41) is 11.1. The fourth-order valence-corrected chi connectivity index (χ4v) is 3.45. The first kappa shape index (κ1) is 23.2. The highest BCUT2D eigenvalue weighted by molar-refractivity contribution is 5.98. The number of primary amides is 1. The summed E-state index contributed by atoms with van der Waals surface area (Å²) in [4.78, 5) is 37.9. The normalized spacial score (nSPS) is 15.6. The van der Waals surface area contributed by atoms with Gasteiger partial charge in [-0.2, -0.15) is 0 Å². The van der Waals surface area contributed by atoms with Crippen molar-refractivity contribution in [2.45, 2.75) is 38.3 Å². The standard InChI is InChI=1S/C21H31N5O4/c1-25(2)19(27)6-3-5-14-7-8-15-12-16(20(23)28)13-18(22)26(17(15)11-14)10-4-9-24-21(29)30/h7-8,11-12,18,24H,3-6,9-10,13,22H2,1-2H3,(H2,23,28)(H,29,30). The van der Waals surface area contributed by atoms with Crippen LogP contribution in [0.3, 0.4) is 0 Å². The second-order valence-corrected chi connectivity index (χ2v) is 7.62. The molecule has 1 aliphatic rings. The molecule has 1 unspecified atom stereocenters. The van der Waals surface area contributed by atoms with Crippen LogP contribution in [0, 0.1) is 0 Å². The van der Waals surface area contributed by atoms with E-state index in [1.165, 1.54) is 0 Å². The van der Waals surface area contributed by atoms with Gasteiger partial charge >= 0.3 is 6.09 Å². The number of aryl methyl sites for hydroxylation is 1. The van der Waals surface area contributed by atoms with Gasteiger partial charge in [0, 0.05) is 51.3 Å². The van der Waals surface area contributed by atoms with Crippen molar-refractivity contribution >= 4 is 29.7 Å².